The minimum absolute atomic E-state index is 0.0326. The summed E-state index contributed by atoms with van der Waals surface area (Å²) in [5.74, 6) is 1.89. The van der Waals surface area contributed by atoms with Crippen LogP contribution in [0.25, 0.3) is 11.4 Å². The van der Waals surface area contributed by atoms with E-state index >= 15 is 0 Å². The molecule has 0 atom stereocenters. The molecule has 0 saturated heterocycles. The van der Waals surface area contributed by atoms with Gasteiger partial charge >= 0.3 is 0 Å². The van der Waals surface area contributed by atoms with E-state index in [-0.39, 0.29) is 23.4 Å². The van der Waals surface area contributed by atoms with Crippen LogP contribution in [0.2, 0.25) is 0 Å². The van der Waals surface area contributed by atoms with Gasteiger partial charge in [-0.05, 0) is 62.4 Å². The molecule has 0 aliphatic carbocycles. The summed E-state index contributed by atoms with van der Waals surface area (Å²) in [5, 5.41) is 3.97. The van der Waals surface area contributed by atoms with Gasteiger partial charge in [-0.15, -0.1) is 0 Å². The molecule has 3 aromatic rings. The molecule has 2 aromatic carbocycles. The Morgan fingerprint density at radius 3 is 2.03 bits per heavy atom. The van der Waals surface area contributed by atoms with E-state index in [0.29, 0.717) is 17.3 Å². The Hall–Kier alpha value is -2.91. The summed E-state index contributed by atoms with van der Waals surface area (Å²) in [4.78, 5) is 4.52. The van der Waals surface area contributed by atoms with Gasteiger partial charge < -0.3 is 14.0 Å². The lowest BCUT2D eigenvalue weighted by atomic mass is 10.2. The van der Waals surface area contributed by atoms with Crippen LogP contribution in [-0.2, 0) is 16.6 Å². The van der Waals surface area contributed by atoms with Gasteiger partial charge in [0, 0.05) is 11.6 Å². The highest BCUT2D eigenvalue weighted by Gasteiger charge is 2.29. The van der Waals surface area contributed by atoms with Crippen LogP contribution in [0.4, 0.5) is 0 Å². The van der Waals surface area contributed by atoms with E-state index in [4.69, 9.17) is 14.0 Å². The van der Waals surface area contributed by atoms with Crippen molar-refractivity contribution in [1.82, 2.24) is 14.4 Å². The summed E-state index contributed by atoms with van der Waals surface area (Å²) in [7, 11) is -0.638. The Morgan fingerprint density at radius 1 is 0.966 bits per heavy atom. The number of ether oxygens (including phenoxy) is 2. The Morgan fingerprint density at radius 2 is 1.52 bits per heavy atom. The summed E-state index contributed by atoms with van der Waals surface area (Å²) in [6.07, 6.45) is 0. The topological polar surface area (TPSA) is 94.8 Å². The molecule has 0 N–H and O–H groups in total. The van der Waals surface area contributed by atoms with Gasteiger partial charge in [0.15, 0.2) is 0 Å². The fourth-order valence-corrected chi connectivity index (χ4v) is 4.32. The summed E-state index contributed by atoms with van der Waals surface area (Å²) in [6, 6.07) is 13.1. The number of methoxy groups -OCH3 is 2. The van der Waals surface area contributed by atoms with Crippen LogP contribution in [0.3, 0.4) is 0 Å². The minimum atomic E-state index is -3.75. The summed E-state index contributed by atoms with van der Waals surface area (Å²) < 4.78 is 43.1. The normalized spacial score (nSPS) is 11.8. The molecule has 1 aromatic heterocycles. The third-order valence-corrected chi connectivity index (χ3v) is 6.39. The molecule has 3 rings (SSSR count). The first-order chi connectivity index (χ1) is 13.8. The van der Waals surface area contributed by atoms with Crippen molar-refractivity contribution in [3.63, 3.8) is 0 Å². The van der Waals surface area contributed by atoms with Gasteiger partial charge in [0.05, 0.1) is 25.7 Å². The van der Waals surface area contributed by atoms with Crippen LogP contribution in [0.5, 0.6) is 11.5 Å². The van der Waals surface area contributed by atoms with Crippen LogP contribution in [0, 0.1) is 0 Å². The minimum Gasteiger partial charge on any atom is -0.497 e. The predicted octanol–water partition coefficient (Wildman–Crippen LogP) is 3.35. The molecular weight excluding hydrogens is 394 g/mol. The first-order valence-corrected chi connectivity index (χ1v) is 10.4. The lowest BCUT2D eigenvalue weighted by Crippen LogP contribution is -2.36. The van der Waals surface area contributed by atoms with Crippen LogP contribution < -0.4 is 9.47 Å². The zero-order chi connectivity index (χ0) is 21.0. The monoisotopic (exact) mass is 417 g/mol. The number of nitrogens with zero attached hydrogens (tertiary/aromatic N) is 3. The second kappa shape index (κ2) is 8.62. The van der Waals surface area contributed by atoms with Crippen LogP contribution >= 0.6 is 0 Å². The molecule has 1 heterocycles. The van der Waals surface area contributed by atoms with Crippen molar-refractivity contribution in [2.75, 3.05) is 14.2 Å². The standard InChI is InChI=1S/C20H23N3O5S/c1-14(2)23(29(24,25)18-11-9-17(27-4)10-12-18)13-19-21-20(22-28-19)15-5-7-16(26-3)8-6-15/h5-12,14H,13H2,1-4H3. The van der Waals surface area contributed by atoms with Crippen molar-refractivity contribution in [3.05, 3.63) is 54.4 Å². The van der Waals surface area contributed by atoms with E-state index in [1.54, 1.807) is 45.2 Å². The van der Waals surface area contributed by atoms with Gasteiger partial charge in [0.2, 0.25) is 21.7 Å². The second-order valence-electron chi connectivity index (χ2n) is 6.56. The molecule has 0 spiro atoms. The average Bonchev–Trinajstić information content (AvgIpc) is 3.20. The van der Waals surface area contributed by atoms with E-state index < -0.39 is 10.0 Å². The smallest absolute Gasteiger partial charge is 0.243 e. The Bertz CT molecular complexity index is 1040. The van der Waals surface area contributed by atoms with Crippen LogP contribution in [0.15, 0.2) is 57.9 Å². The van der Waals surface area contributed by atoms with Gasteiger partial charge in [-0.25, -0.2) is 8.42 Å². The van der Waals surface area contributed by atoms with Gasteiger partial charge in [0.25, 0.3) is 0 Å². The molecule has 0 amide bonds. The van der Waals surface area contributed by atoms with Crippen molar-refractivity contribution >= 4 is 10.0 Å². The second-order valence-corrected chi connectivity index (χ2v) is 8.45. The van der Waals surface area contributed by atoms with Gasteiger partial charge in [-0.3, -0.25) is 0 Å². The summed E-state index contributed by atoms with van der Waals surface area (Å²) in [6.45, 7) is 3.55. The van der Waals surface area contributed by atoms with Crippen molar-refractivity contribution in [2.24, 2.45) is 0 Å². The van der Waals surface area contributed by atoms with Gasteiger partial charge in [-0.2, -0.15) is 9.29 Å². The summed E-state index contributed by atoms with van der Waals surface area (Å²) >= 11 is 0. The van der Waals surface area contributed by atoms with E-state index in [9.17, 15) is 8.42 Å². The van der Waals surface area contributed by atoms with Crippen molar-refractivity contribution < 1.29 is 22.4 Å². The maximum absolute atomic E-state index is 13.1. The van der Waals surface area contributed by atoms with E-state index in [0.717, 1.165) is 5.56 Å². The molecule has 9 heteroatoms. The molecule has 0 aliphatic heterocycles. The number of rotatable bonds is 8. The van der Waals surface area contributed by atoms with E-state index in [2.05, 4.69) is 10.1 Å². The molecular formula is C20H23N3O5S. The van der Waals surface area contributed by atoms with Crippen molar-refractivity contribution in [2.45, 2.75) is 31.3 Å². The third kappa shape index (κ3) is 4.57. The number of benzene rings is 2. The lowest BCUT2D eigenvalue weighted by Gasteiger charge is -2.24. The SMILES string of the molecule is COc1ccc(-c2noc(CN(C(C)C)S(=O)(=O)c3ccc(OC)cc3)n2)cc1. The fraction of sp³-hybridized carbons (Fsp3) is 0.300. The maximum Gasteiger partial charge on any atom is 0.243 e. The van der Waals surface area contributed by atoms with Crippen molar-refractivity contribution in [1.29, 1.82) is 0 Å². The Labute approximate surface area is 170 Å². The predicted molar refractivity (Wildman–Crippen MR) is 107 cm³/mol. The molecule has 0 fully saturated rings. The number of aromatic nitrogens is 2. The highest BCUT2D eigenvalue weighted by molar-refractivity contribution is 7.89. The van der Waals surface area contributed by atoms with Gasteiger partial charge in [-0.1, -0.05) is 5.16 Å². The highest BCUT2D eigenvalue weighted by atomic mass is 32.2. The molecule has 0 saturated carbocycles. The number of hydrogen-bond donors (Lipinski definition) is 0. The van der Waals surface area contributed by atoms with Crippen LogP contribution in [-0.4, -0.2) is 43.1 Å². The average molecular weight is 417 g/mol. The first kappa shape index (κ1) is 20.8. The van der Waals surface area contributed by atoms with Gasteiger partial charge in [0.1, 0.15) is 11.5 Å². The fourth-order valence-electron chi connectivity index (χ4n) is 2.74. The number of hydrogen-bond acceptors (Lipinski definition) is 7. The molecule has 154 valence electrons. The van der Waals surface area contributed by atoms with Crippen LogP contribution in [0.1, 0.15) is 19.7 Å². The third-order valence-electron chi connectivity index (χ3n) is 4.35. The van der Waals surface area contributed by atoms with E-state index in [1.165, 1.54) is 23.5 Å². The quantitative estimate of drug-likeness (QED) is 0.555. The zero-order valence-electron chi connectivity index (χ0n) is 16.7. The van der Waals surface area contributed by atoms with Crippen molar-refractivity contribution in [3.8, 4) is 22.9 Å². The molecule has 0 unspecified atom stereocenters. The molecule has 0 aliphatic rings. The molecule has 29 heavy (non-hydrogen) atoms. The Balaban J connectivity index is 1.84. The molecule has 0 bridgehead atoms. The molecule has 8 nitrogen and oxygen atoms in total. The lowest BCUT2D eigenvalue weighted by molar-refractivity contribution is 0.286. The highest BCUT2D eigenvalue weighted by Crippen LogP contribution is 2.24. The van der Waals surface area contributed by atoms with E-state index in [1.807, 2.05) is 12.1 Å². The summed E-state index contributed by atoms with van der Waals surface area (Å²) in [5.41, 5.74) is 0.745. The largest absolute Gasteiger partial charge is 0.497 e. The zero-order valence-corrected chi connectivity index (χ0v) is 17.5. The molecule has 0 radical (unpaired) electrons. The Kier molecular flexibility index (Phi) is 6.19. The first-order valence-electron chi connectivity index (χ1n) is 8.98. The maximum atomic E-state index is 13.1. The number of sulfonamides is 1.